The van der Waals surface area contributed by atoms with E-state index in [1.807, 2.05) is 41.6 Å². The molecular weight excluding hydrogens is 613 g/mol. The van der Waals surface area contributed by atoms with Crippen LogP contribution in [0.1, 0.15) is 12.5 Å². The minimum absolute atomic E-state index is 0.00827. The van der Waals surface area contributed by atoms with Gasteiger partial charge in [-0.3, -0.25) is 0 Å². The number of rotatable bonds is 8. The molecule has 1 aromatic heterocycles. The Hall–Kier alpha value is -2.25. The highest BCUT2D eigenvalue weighted by molar-refractivity contribution is 14.1. The topological polar surface area (TPSA) is 107 Å². The zero-order valence-corrected chi connectivity index (χ0v) is 21.9. The number of phenols is 1. The highest BCUT2D eigenvalue weighted by atomic mass is 127. The van der Waals surface area contributed by atoms with Crippen LogP contribution in [-0.4, -0.2) is 45.2 Å². The molecule has 0 saturated carbocycles. The first-order valence-electron chi connectivity index (χ1n) is 9.24. The molecule has 168 valence electrons. The maximum absolute atomic E-state index is 12.0. The molecular formula is C21H19BrIN3O5S. The Kier molecular flexibility index (Phi) is 8.06. The third-order valence-corrected chi connectivity index (χ3v) is 6.68. The van der Waals surface area contributed by atoms with Crippen LogP contribution in [-0.2, 0) is 11.3 Å². The molecule has 0 atom stereocenters. The fourth-order valence-electron chi connectivity index (χ4n) is 2.87. The Morgan fingerprint density at radius 1 is 1.19 bits per heavy atom. The molecule has 32 heavy (non-hydrogen) atoms. The summed E-state index contributed by atoms with van der Waals surface area (Å²) in [5.74, 6) is 0.626. The number of aromatic nitrogens is 3. The molecule has 8 nitrogen and oxygen atoms in total. The number of nitrogens with zero attached hydrogens (tertiary/aromatic N) is 3. The van der Waals surface area contributed by atoms with Crippen molar-refractivity contribution in [1.29, 1.82) is 0 Å². The van der Waals surface area contributed by atoms with E-state index in [0.29, 0.717) is 38.2 Å². The zero-order chi connectivity index (χ0) is 23.4. The number of methoxy groups -OCH3 is 2. The summed E-state index contributed by atoms with van der Waals surface area (Å²) in [4.78, 5) is 11.9. The third-order valence-electron chi connectivity index (χ3n) is 4.40. The lowest BCUT2D eigenvalue weighted by molar-refractivity contribution is -0.131. The first kappa shape index (κ1) is 24.4. The predicted molar refractivity (Wildman–Crippen MR) is 134 cm³/mol. The quantitative estimate of drug-likeness (QED) is 0.197. The minimum atomic E-state index is -1.14. The van der Waals surface area contributed by atoms with E-state index in [1.165, 1.54) is 6.08 Å². The molecule has 2 aromatic carbocycles. The lowest BCUT2D eigenvalue weighted by Gasteiger charge is -2.11. The van der Waals surface area contributed by atoms with Crippen molar-refractivity contribution in [3.8, 4) is 28.6 Å². The summed E-state index contributed by atoms with van der Waals surface area (Å²) in [6, 6.07) is 8.76. The van der Waals surface area contributed by atoms with Gasteiger partial charge in [-0.05, 0) is 71.6 Å². The highest BCUT2D eigenvalue weighted by Gasteiger charge is 2.20. The van der Waals surface area contributed by atoms with Gasteiger partial charge >= 0.3 is 5.97 Å². The second kappa shape index (κ2) is 10.6. The number of carboxylic acids is 1. The van der Waals surface area contributed by atoms with Crippen LogP contribution in [0.2, 0.25) is 0 Å². The van der Waals surface area contributed by atoms with Gasteiger partial charge in [-0.2, -0.15) is 0 Å². The first-order valence-corrected chi connectivity index (χ1v) is 11.9. The maximum atomic E-state index is 12.0. The summed E-state index contributed by atoms with van der Waals surface area (Å²) in [5, 5.41) is 29.0. The van der Waals surface area contributed by atoms with Gasteiger partial charge in [0.15, 0.2) is 11.0 Å². The molecule has 11 heteroatoms. The van der Waals surface area contributed by atoms with Crippen molar-refractivity contribution in [3.63, 3.8) is 0 Å². The Balaban J connectivity index is 2.04. The van der Waals surface area contributed by atoms with Gasteiger partial charge in [0.2, 0.25) is 0 Å². The van der Waals surface area contributed by atoms with E-state index in [1.54, 1.807) is 37.0 Å². The van der Waals surface area contributed by atoms with Crippen LogP contribution >= 0.6 is 50.3 Å². The largest absolute Gasteiger partial charge is 0.506 e. The fourth-order valence-corrected chi connectivity index (χ4v) is 5.30. The molecule has 0 radical (unpaired) electrons. The van der Waals surface area contributed by atoms with Crippen molar-refractivity contribution in [3.05, 3.63) is 48.8 Å². The van der Waals surface area contributed by atoms with Crippen LogP contribution < -0.4 is 9.47 Å². The van der Waals surface area contributed by atoms with Gasteiger partial charge in [0.1, 0.15) is 22.2 Å². The van der Waals surface area contributed by atoms with Crippen molar-refractivity contribution >= 4 is 62.3 Å². The number of aliphatic carboxylic acids is 1. The molecule has 2 N–H and O–H groups in total. The number of ether oxygens (including phenoxy) is 2. The number of hydrogen-bond acceptors (Lipinski definition) is 7. The number of carbonyl (C=O) groups is 1. The number of aromatic hydroxyl groups is 1. The summed E-state index contributed by atoms with van der Waals surface area (Å²) >= 11 is 6.31. The molecule has 0 aliphatic rings. The fraction of sp³-hybridized carbons (Fsp3) is 0.190. The highest BCUT2D eigenvalue weighted by Crippen LogP contribution is 2.36. The van der Waals surface area contributed by atoms with Gasteiger partial charge in [-0.15, -0.1) is 10.2 Å². The zero-order valence-electron chi connectivity index (χ0n) is 17.3. The van der Waals surface area contributed by atoms with Crippen molar-refractivity contribution in [2.45, 2.75) is 18.6 Å². The third kappa shape index (κ3) is 5.38. The monoisotopic (exact) mass is 631 g/mol. The Bertz CT molecular complexity index is 1180. The molecule has 0 aliphatic carbocycles. The molecule has 0 spiro atoms. The summed E-state index contributed by atoms with van der Waals surface area (Å²) in [6.07, 6.45) is 1.41. The smallest absolute Gasteiger partial charge is 0.342 e. The number of thioether (sulfide) groups is 1. The van der Waals surface area contributed by atoms with Gasteiger partial charge in [0.05, 0.1) is 17.8 Å². The summed E-state index contributed by atoms with van der Waals surface area (Å²) in [7, 11) is 3.12. The molecule has 3 rings (SSSR count). The van der Waals surface area contributed by atoms with Crippen LogP contribution in [0.5, 0.6) is 17.2 Å². The van der Waals surface area contributed by atoms with Crippen molar-refractivity contribution in [2.24, 2.45) is 0 Å². The standard InChI is InChI=1S/C21H19BrIN3O5S/c1-4-26-19(12-6-14(30-2)10-15(7-12)31-3)24-25-21(26)32-17(20(28)29)8-11-5-13(22)9-16(23)18(11)27/h5-10,27H,4H2,1-3H3,(H,28,29)/b17-8-. The molecule has 0 saturated heterocycles. The number of benzene rings is 2. The van der Waals surface area contributed by atoms with Crippen molar-refractivity contribution in [1.82, 2.24) is 14.8 Å². The van der Waals surface area contributed by atoms with Gasteiger partial charge < -0.3 is 24.3 Å². The maximum Gasteiger partial charge on any atom is 0.342 e. The summed E-state index contributed by atoms with van der Waals surface area (Å²) < 4.78 is 13.8. The Morgan fingerprint density at radius 3 is 2.41 bits per heavy atom. The second-order valence-electron chi connectivity index (χ2n) is 6.39. The van der Waals surface area contributed by atoms with Gasteiger partial charge in [-0.25, -0.2) is 4.79 Å². The molecule has 0 bridgehead atoms. The van der Waals surface area contributed by atoms with Crippen LogP contribution in [0.4, 0.5) is 0 Å². The average Bonchev–Trinajstić information content (AvgIpc) is 3.18. The number of carboxylic acid groups (broad SMARTS) is 1. The molecule has 0 amide bonds. The van der Waals surface area contributed by atoms with Crippen LogP contribution in [0.3, 0.4) is 0 Å². The van der Waals surface area contributed by atoms with Crippen LogP contribution in [0.25, 0.3) is 17.5 Å². The lowest BCUT2D eigenvalue weighted by Crippen LogP contribution is -2.03. The van der Waals surface area contributed by atoms with Crippen molar-refractivity contribution < 1.29 is 24.5 Å². The Labute approximate surface area is 210 Å². The Morgan fingerprint density at radius 2 is 1.84 bits per heavy atom. The molecule has 3 aromatic rings. The number of phenolic OH excluding ortho intramolecular Hbond substituents is 1. The number of hydrogen-bond donors (Lipinski definition) is 2. The van der Waals surface area contributed by atoms with Crippen LogP contribution in [0.15, 0.2) is 44.9 Å². The summed E-state index contributed by atoms with van der Waals surface area (Å²) in [6.45, 7) is 2.43. The molecule has 0 unspecified atom stereocenters. The predicted octanol–water partition coefficient (Wildman–Crippen LogP) is 5.27. The van der Waals surface area contributed by atoms with E-state index >= 15 is 0 Å². The van der Waals surface area contributed by atoms with E-state index in [0.717, 1.165) is 21.8 Å². The molecule has 1 heterocycles. The van der Waals surface area contributed by atoms with Crippen LogP contribution in [0, 0.1) is 3.57 Å². The van der Waals surface area contributed by atoms with Gasteiger partial charge in [-0.1, -0.05) is 15.9 Å². The normalized spacial score (nSPS) is 11.5. The second-order valence-corrected chi connectivity index (χ2v) is 9.48. The summed E-state index contributed by atoms with van der Waals surface area (Å²) in [5.41, 5.74) is 1.11. The SMILES string of the molecule is CCn1c(S/C(=C\c2cc(Br)cc(I)c2O)C(=O)O)nnc1-c1cc(OC)cc(OC)c1. The van der Waals surface area contributed by atoms with E-state index in [4.69, 9.17) is 9.47 Å². The van der Waals surface area contributed by atoms with E-state index in [-0.39, 0.29) is 10.7 Å². The van der Waals surface area contributed by atoms with Gasteiger partial charge in [0.25, 0.3) is 0 Å². The average molecular weight is 632 g/mol. The molecule has 0 fully saturated rings. The van der Waals surface area contributed by atoms with E-state index in [9.17, 15) is 15.0 Å². The van der Waals surface area contributed by atoms with E-state index in [2.05, 4.69) is 26.1 Å². The minimum Gasteiger partial charge on any atom is -0.506 e. The number of halogens is 2. The van der Waals surface area contributed by atoms with Gasteiger partial charge in [0, 0.05) is 28.2 Å². The van der Waals surface area contributed by atoms with Crippen molar-refractivity contribution in [2.75, 3.05) is 14.2 Å². The van der Waals surface area contributed by atoms with E-state index < -0.39 is 5.97 Å². The molecule has 0 aliphatic heterocycles. The lowest BCUT2D eigenvalue weighted by atomic mass is 10.2. The first-order chi connectivity index (χ1) is 15.3.